The molecule has 3 rings (SSSR count). The highest BCUT2D eigenvalue weighted by atomic mass is 16.7. The van der Waals surface area contributed by atoms with Crippen LogP contribution in [0.3, 0.4) is 0 Å². The number of carbonyl (C=O) groups is 1. The summed E-state index contributed by atoms with van der Waals surface area (Å²) in [5, 5.41) is 1.43. The van der Waals surface area contributed by atoms with Crippen molar-refractivity contribution in [3.63, 3.8) is 0 Å². The first-order chi connectivity index (χ1) is 8.33. The van der Waals surface area contributed by atoms with Crippen LogP contribution in [0.4, 0.5) is 0 Å². The fraction of sp³-hybridized carbons (Fsp3) is 0.333. The van der Waals surface area contributed by atoms with E-state index in [1.165, 1.54) is 5.06 Å². The molecule has 0 unspecified atom stereocenters. The van der Waals surface area contributed by atoms with Crippen LogP contribution in [0.25, 0.3) is 5.65 Å². The molecule has 2 aromatic heterocycles. The molecule has 1 aliphatic heterocycles. The van der Waals surface area contributed by atoms with E-state index >= 15 is 0 Å². The molecule has 5 nitrogen and oxygen atoms in total. The van der Waals surface area contributed by atoms with Crippen molar-refractivity contribution >= 4 is 11.6 Å². The van der Waals surface area contributed by atoms with Gasteiger partial charge in [0.25, 0.3) is 5.91 Å². The van der Waals surface area contributed by atoms with Crippen molar-refractivity contribution in [1.29, 1.82) is 0 Å². The summed E-state index contributed by atoms with van der Waals surface area (Å²) in [4.78, 5) is 21.4. The number of hydrogen-bond donors (Lipinski definition) is 0. The van der Waals surface area contributed by atoms with Gasteiger partial charge in [0, 0.05) is 12.4 Å². The zero-order valence-electron chi connectivity index (χ0n) is 9.37. The van der Waals surface area contributed by atoms with Crippen molar-refractivity contribution in [3.8, 4) is 0 Å². The normalized spacial score (nSPS) is 15.6. The van der Waals surface area contributed by atoms with Crippen molar-refractivity contribution in [2.24, 2.45) is 0 Å². The van der Waals surface area contributed by atoms with E-state index in [9.17, 15) is 4.79 Å². The summed E-state index contributed by atoms with van der Waals surface area (Å²) in [7, 11) is 0. The average molecular weight is 231 g/mol. The molecule has 0 aliphatic carbocycles. The highest BCUT2D eigenvalue weighted by Gasteiger charge is 2.20. The molecule has 1 amide bonds. The lowest BCUT2D eigenvalue weighted by Crippen LogP contribution is -2.28. The SMILES string of the molecule is O=C(Cc1cn2ccccc2n1)N1CCCO1. The molecule has 88 valence electrons. The van der Waals surface area contributed by atoms with E-state index in [1.807, 2.05) is 35.0 Å². The molecule has 0 atom stereocenters. The van der Waals surface area contributed by atoms with Gasteiger partial charge < -0.3 is 4.40 Å². The summed E-state index contributed by atoms with van der Waals surface area (Å²) in [5.41, 5.74) is 1.63. The Bertz CT molecular complexity index is 510. The zero-order chi connectivity index (χ0) is 11.7. The van der Waals surface area contributed by atoms with Crippen LogP contribution in [0, 0.1) is 0 Å². The monoisotopic (exact) mass is 231 g/mol. The lowest BCUT2D eigenvalue weighted by Gasteiger charge is -2.12. The second-order valence-corrected chi connectivity index (χ2v) is 4.06. The molecule has 3 heterocycles. The highest BCUT2D eigenvalue weighted by molar-refractivity contribution is 5.77. The summed E-state index contributed by atoms with van der Waals surface area (Å²) in [6, 6.07) is 5.78. The van der Waals surface area contributed by atoms with E-state index in [-0.39, 0.29) is 5.91 Å². The Hall–Kier alpha value is -1.88. The Morgan fingerprint density at radius 3 is 3.18 bits per heavy atom. The Kier molecular flexibility index (Phi) is 2.53. The molecule has 0 radical (unpaired) electrons. The maximum Gasteiger partial charge on any atom is 0.252 e. The van der Waals surface area contributed by atoms with Gasteiger partial charge in [-0.1, -0.05) is 6.07 Å². The lowest BCUT2D eigenvalue weighted by molar-refractivity contribution is -0.167. The Morgan fingerprint density at radius 1 is 1.47 bits per heavy atom. The van der Waals surface area contributed by atoms with Gasteiger partial charge in [0.1, 0.15) is 5.65 Å². The topological polar surface area (TPSA) is 46.8 Å². The van der Waals surface area contributed by atoms with Gasteiger partial charge in [0.2, 0.25) is 0 Å². The maximum absolute atomic E-state index is 11.8. The molecule has 0 bridgehead atoms. The summed E-state index contributed by atoms with van der Waals surface area (Å²) < 4.78 is 1.91. The number of hydrogen-bond acceptors (Lipinski definition) is 3. The number of imidazole rings is 1. The van der Waals surface area contributed by atoms with Gasteiger partial charge in [-0.05, 0) is 18.6 Å². The minimum atomic E-state index is -0.0223. The van der Waals surface area contributed by atoms with E-state index in [1.54, 1.807) is 0 Å². The number of rotatable bonds is 2. The summed E-state index contributed by atoms with van der Waals surface area (Å²) in [6.07, 6.45) is 5.00. The summed E-state index contributed by atoms with van der Waals surface area (Å²) in [5.74, 6) is -0.0223. The Labute approximate surface area is 98.6 Å². The first kappa shape index (κ1) is 10.3. The number of aromatic nitrogens is 2. The van der Waals surface area contributed by atoms with Gasteiger partial charge in [-0.2, -0.15) is 0 Å². The third-order valence-electron chi connectivity index (χ3n) is 2.78. The number of nitrogens with zero attached hydrogens (tertiary/aromatic N) is 3. The molecule has 1 aliphatic rings. The van der Waals surface area contributed by atoms with E-state index < -0.39 is 0 Å². The summed E-state index contributed by atoms with van der Waals surface area (Å²) >= 11 is 0. The van der Waals surface area contributed by atoms with Gasteiger partial charge >= 0.3 is 0 Å². The largest absolute Gasteiger partial charge is 0.307 e. The van der Waals surface area contributed by atoms with E-state index in [2.05, 4.69) is 4.98 Å². The highest BCUT2D eigenvalue weighted by Crippen LogP contribution is 2.09. The fourth-order valence-corrected chi connectivity index (χ4v) is 1.96. The van der Waals surface area contributed by atoms with Crippen molar-refractivity contribution in [2.75, 3.05) is 13.2 Å². The first-order valence-electron chi connectivity index (χ1n) is 5.69. The van der Waals surface area contributed by atoms with Gasteiger partial charge in [0.15, 0.2) is 0 Å². The van der Waals surface area contributed by atoms with Crippen molar-refractivity contribution in [3.05, 3.63) is 36.3 Å². The van der Waals surface area contributed by atoms with Gasteiger partial charge in [-0.3, -0.25) is 9.63 Å². The molecule has 1 fully saturated rings. The third kappa shape index (κ3) is 2.01. The average Bonchev–Trinajstić information content (AvgIpc) is 2.97. The minimum Gasteiger partial charge on any atom is -0.307 e. The van der Waals surface area contributed by atoms with Crippen molar-refractivity contribution < 1.29 is 9.63 Å². The maximum atomic E-state index is 11.8. The number of amides is 1. The molecular weight excluding hydrogens is 218 g/mol. The van der Waals surface area contributed by atoms with Gasteiger partial charge in [-0.15, -0.1) is 0 Å². The predicted molar refractivity (Wildman–Crippen MR) is 61.2 cm³/mol. The summed E-state index contributed by atoms with van der Waals surface area (Å²) in [6.45, 7) is 1.32. The molecular formula is C12H13N3O2. The van der Waals surface area contributed by atoms with Crippen LogP contribution < -0.4 is 0 Å². The van der Waals surface area contributed by atoms with Crippen LogP contribution >= 0.6 is 0 Å². The fourth-order valence-electron chi connectivity index (χ4n) is 1.96. The van der Waals surface area contributed by atoms with Gasteiger partial charge in [-0.25, -0.2) is 10.0 Å². The lowest BCUT2D eigenvalue weighted by atomic mass is 10.3. The second-order valence-electron chi connectivity index (χ2n) is 4.06. The van der Waals surface area contributed by atoms with E-state index in [4.69, 9.17) is 4.84 Å². The standard InChI is InChI=1S/C12H13N3O2/c16-12(15-6-3-7-17-15)8-10-9-14-5-2-1-4-11(14)13-10/h1-2,4-5,9H,3,6-8H2. The second kappa shape index (κ2) is 4.18. The minimum absolute atomic E-state index is 0.0223. The predicted octanol–water partition coefficient (Wildman–Crippen LogP) is 1.04. The van der Waals surface area contributed by atoms with Crippen LogP contribution in [0.5, 0.6) is 0 Å². The first-order valence-corrected chi connectivity index (χ1v) is 5.69. The van der Waals surface area contributed by atoms with E-state index in [0.717, 1.165) is 17.8 Å². The van der Waals surface area contributed by atoms with E-state index in [0.29, 0.717) is 19.6 Å². The van der Waals surface area contributed by atoms with Crippen LogP contribution in [0.15, 0.2) is 30.6 Å². The molecule has 2 aromatic rings. The number of hydroxylamine groups is 2. The molecule has 0 aromatic carbocycles. The molecule has 0 saturated carbocycles. The Balaban J connectivity index is 1.77. The van der Waals surface area contributed by atoms with Crippen molar-refractivity contribution in [1.82, 2.24) is 14.4 Å². The number of pyridine rings is 1. The van der Waals surface area contributed by atoms with Crippen LogP contribution in [0.2, 0.25) is 0 Å². The zero-order valence-corrected chi connectivity index (χ0v) is 9.37. The molecule has 0 N–H and O–H groups in total. The number of carbonyl (C=O) groups excluding carboxylic acids is 1. The molecule has 17 heavy (non-hydrogen) atoms. The third-order valence-corrected chi connectivity index (χ3v) is 2.78. The smallest absolute Gasteiger partial charge is 0.252 e. The Morgan fingerprint density at radius 2 is 2.41 bits per heavy atom. The van der Waals surface area contributed by atoms with Crippen LogP contribution in [-0.2, 0) is 16.1 Å². The van der Waals surface area contributed by atoms with Crippen LogP contribution in [-0.4, -0.2) is 33.5 Å². The molecule has 0 spiro atoms. The number of fused-ring (bicyclic) bond motifs is 1. The molecule has 5 heteroatoms. The van der Waals surface area contributed by atoms with Crippen LogP contribution in [0.1, 0.15) is 12.1 Å². The van der Waals surface area contributed by atoms with Crippen molar-refractivity contribution in [2.45, 2.75) is 12.8 Å². The van der Waals surface area contributed by atoms with Gasteiger partial charge in [0.05, 0.1) is 25.3 Å². The quantitative estimate of drug-likeness (QED) is 0.775. The molecule has 1 saturated heterocycles.